The van der Waals surface area contributed by atoms with Gasteiger partial charge in [0, 0.05) is 31.4 Å². The van der Waals surface area contributed by atoms with Crippen molar-refractivity contribution in [3.05, 3.63) is 34.2 Å². The van der Waals surface area contributed by atoms with Gasteiger partial charge < -0.3 is 4.90 Å². The smallest absolute Gasteiger partial charge is 0.266 e. The zero-order chi connectivity index (χ0) is 19.1. The highest BCUT2D eigenvalue weighted by Crippen LogP contribution is 2.43. The Morgan fingerprint density at radius 1 is 1.35 bits per heavy atom. The highest BCUT2D eigenvalue weighted by atomic mass is 32.2. The van der Waals surface area contributed by atoms with Gasteiger partial charge in [0.15, 0.2) is 5.17 Å². The highest BCUT2D eigenvalue weighted by molar-refractivity contribution is 8.18. The number of benzene rings is 1. The number of amidine groups is 1. The highest BCUT2D eigenvalue weighted by Gasteiger charge is 2.35. The first-order chi connectivity index (χ1) is 12.3. The number of likely N-dealkylation sites (N-methyl/N-ethyl adjacent to an activating group) is 1. The third-order valence-corrected chi connectivity index (χ3v) is 6.50. The molecule has 2 aliphatic heterocycles. The Kier molecular flexibility index (Phi) is 5.20. The molecule has 3 rings (SSSR count). The third kappa shape index (κ3) is 3.29. The summed E-state index contributed by atoms with van der Waals surface area (Å²) in [5.41, 5.74) is 3.92. The molecule has 1 amide bonds. The average molecular weight is 372 g/mol. The molecule has 0 radical (unpaired) electrons. The zero-order valence-corrected chi connectivity index (χ0v) is 17.5. The normalized spacial score (nSPS) is 25.3. The van der Waals surface area contributed by atoms with Crippen molar-refractivity contribution in [1.82, 2.24) is 4.90 Å². The van der Waals surface area contributed by atoms with Crippen molar-refractivity contribution in [2.45, 2.75) is 52.5 Å². The molecule has 2 aliphatic rings. The number of anilines is 1. The van der Waals surface area contributed by atoms with Gasteiger partial charge in [-0.2, -0.15) is 0 Å². The van der Waals surface area contributed by atoms with Crippen LogP contribution in [-0.4, -0.2) is 41.7 Å². The first-order valence-electron chi connectivity index (χ1n) is 9.42. The van der Waals surface area contributed by atoms with E-state index in [-0.39, 0.29) is 11.4 Å². The van der Waals surface area contributed by atoms with Crippen LogP contribution < -0.4 is 4.90 Å². The predicted octanol–water partition coefficient (Wildman–Crippen LogP) is 4.72. The van der Waals surface area contributed by atoms with Crippen molar-refractivity contribution in [3.63, 3.8) is 0 Å². The Labute approximate surface area is 161 Å². The predicted molar refractivity (Wildman–Crippen MR) is 113 cm³/mol. The Hall–Kier alpha value is -1.75. The fraction of sp³-hybridized carbons (Fsp3) is 0.524. The number of hydrogen-bond donors (Lipinski definition) is 0. The number of amides is 1. The van der Waals surface area contributed by atoms with E-state index in [0.29, 0.717) is 19.0 Å². The Morgan fingerprint density at radius 2 is 2.08 bits per heavy atom. The molecule has 0 bridgehead atoms. The maximum Gasteiger partial charge on any atom is 0.266 e. The molecular formula is C21H29N3OS. The van der Waals surface area contributed by atoms with E-state index in [4.69, 9.17) is 0 Å². The number of thioether (sulfide) groups is 1. The first-order valence-corrected chi connectivity index (χ1v) is 10.2. The largest absolute Gasteiger partial charge is 0.369 e. The minimum atomic E-state index is 0.0636. The number of fused-ring (bicyclic) bond motifs is 1. The molecule has 5 heteroatoms. The molecule has 2 heterocycles. The lowest BCUT2D eigenvalue weighted by Crippen LogP contribution is -2.45. The maximum absolute atomic E-state index is 12.7. The summed E-state index contributed by atoms with van der Waals surface area (Å²) in [5.74, 6) is 0.569. The van der Waals surface area contributed by atoms with Gasteiger partial charge in [-0.1, -0.05) is 13.0 Å². The van der Waals surface area contributed by atoms with Crippen molar-refractivity contribution in [2.75, 3.05) is 25.0 Å². The van der Waals surface area contributed by atoms with Gasteiger partial charge in [-0.25, -0.2) is 0 Å². The van der Waals surface area contributed by atoms with Crippen LogP contribution in [0.2, 0.25) is 0 Å². The monoisotopic (exact) mass is 371 g/mol. The minimum absolute atomic E-state index is 0.0636. The number of carbonyl (C=O) groups is 1. The number of nitrogens with zero attached hydrogens (tertiary/aromatic N) is 3. The van der Waals surface area contributed by atoms with Crippen molar-refractivity contribution in [3.8, 4) is 0 Å². The molecule has 1 saturated heterocycles. The van der Waals surface area contributed by atoms with Crippen LogP contribution in [-0.2, 0) is 4.79 Å². The molecule has 0 unspecified atom stereocenters. The summed E-state index contributed by atoms with van der Waals surface area (Å²) < 4.78 is 0. The van der Waals surface area contributed by atoms with Crippen LogP contribution in [0.3, 0.4) is 0 Å². The fourth-order valence-corrected chi connectivity index (χ4v) is 4.98. The number of aliphatic imine (C=N–C) groups is 1. The quantitative estimate of drug-likeness (QED) is 0.721. The van der Waals surface area contributed by atoms with Crippen molar-refractivity contribution in [2.24, 2.45) is 4.99 Å². The SMILES string of the molecule is CCN=C1S/C(=C\c2ccc3c(c2)[C@@H](C)CC(C)(C)N3C)C(=O)N1CC. The molecule has 1 fully saturated rings. The molecule has 0 aromatic heterocycles. The molecule has 140 valence electrons. The third-order valence-electron chi connectivity index (χ3n) is 5.45. The first kappa shape index (κ1) is 19.0. The molecule has 26 heavy (non-hydrogen) atoms. The lowest BCUT2D eigenvalue weighted by Gasteiger charge is -2.45. The molecule has 1 atom stereocenters. The van der Waals surface area contributed by atoms with Crippen LogP contribution in [0.1, 0.15) is 58.1 Å². The van der Waals surface area contributed by atoms with Crippen molar-refractivity contribution in [1.29, 1.82) is 0 Å². The van der Waals surface area contributed by atoms with E-state index >= 15 is 0 Å². The standard InChI is InChI=1S/C21H29N3OS/c1-7-22-20-24(8-2)19(25)18(26-20)12-15-9-10-17-16(11-15)14(3)13-21(4,5)23(17)6/h9-12,14H,7-8,13H2,1-6H3/b18-12-,22-20?/t14-/m0/s1. The van der Waals surface area contributed by atoms with Crippen LogP contribution in [0, 0.1) is 0 Å². The van der Waals surface area contributed by atoms with Gasteiger partial charge >= 0.3 is 0 Å². The van der Waals surface area contributed by atoms with E-state index in [1.807, 2.05) is 19.9 Å². The molecular weight excluding hydrogens is 342 g/mol. The van der Waals surface area contributed by atoms with Gasteiger partial charge in [0.1, 0.15) is 0 Å². The van der Waals surface area contributed by atoms with Crippen molar-refractivity contribution >= 4 is 34.6 Å². The minimum Gasteiger partial charge on any atom is -0.369 e. The lowest BCUT2D eigenvalue weighted by molar-refractivity contribution is -0.122. The van der Waals surface area contributed by atoms with Crippen molar-refractivity contribution < 1.29 is 4.79 Å². The Morgan fingerprint density at radius 3 is 2.73 bits per heavy atom. The van der Waals surface area contributed by atoms with E-state index in [1.165, 1.54) is 23.0 Å². The molecule has 0 N–H and O–H groups in total. The van der Waals surface area contributed by atoms with E-state index < -0.39 is 0 Å². The number of carbonyl (C=O) groups excluding carboxylic acids is 1. The maximum atomic E-state index is 12.7. The zero-order valence-electron chi connectivity index (χ0n) is 16.7. The van der Waals surface area contributed by atoms with Gasteiger partial charge in [-0.15, -0.1) is 0 Å². The average Bonchev–Trinajstić information content (AvgIpc) is 2.88. The second kappa shape index (κ2) is 7.10. The second-order valence-corrected chi connectivity index (χ2v) is 8.72. The summed E-state index contributed by atoms with van der Waals surface area (Å²) in [7, 11) is 2.17. The Bertz CT molecular complexity index is 781. The van der Waals surface area contributed by atoms with Crippen LogP contribution in [0.5, 0.6) is 0 Å². The van der Waals surface area contributed by atoms with Gasteiger partial charge in [0.2, 0.25) is 0 Å². The molecule has 0 saturated carbocycles. The summed E-state index contributed by atoms with van der Waals surface area (Å²) in [6.07, 6.45) is 3.14. The topological polar surface area (TPSA) is 35.9 Å². The molecule has 1 aromatic carbocycles. The lowest BCUT2D eigenvalue weighted by atomic mass is 9.80. The van der Waals surface area contributed by atoms with E-state index in [0.717, 1.165) is 22.1 Å². The van der Waals surface area contributed by atoms with E-state index in [9.17, 15) is 4.79 Å². The molecule has 0 aliphatic carbocycles. The van der Waals surface area contributed by atoms with Crippen LogP contribution in [0.15, 0.2) is 28.1 Å². The van der Waals surface area contributed by atoms with Gasteiger partial charge in [-0.3, -0.25) is 14.7 Å². The van der Waals surface area contributed by atoms with Gasteiger partial charge in [0.25, 0.3) is 5.91 Å². The van der Waals surface area contributed by atoms with E-state index in [1.54, 1.807) is 4.90 Å². The van der Waals surface area contributed by atoms with Crippen LogP contribution >= 0.6 is 11.8 Å². The summed E-state index contributed by atoms with van der Waals surface area (Å²) in [4.78, 5) is 22.0. The van der Waals surface area contributed by atoms with Crippen LogP contribution in [0.25, 0.3) is 6.08 Å². The van der Waals surface area contributed by atoms with Gasteiger partial charge in [-0.05, 0) is 81.1 Å². The summed E-state index contributed by atoms with van der Waals surface area (Å²) in [5, 5.41) is 0.819. The summed E-state index contributed by atoms with van der Waals surface area (Å²) in [6.45, 7) is 12.2. The van der Waals surface area contributed by atoms with Gasteiger partial charge in [0.05, 0.1) is 4.91 Å². The molecule has 1 aromatic rings. The Balaban J connectivity index is 1.95. The van der Waals surface area contributed by atoms with Crippen LogP contribution in [0.4, 0.5) is 5.69 Å². The molecule has 4 nitrogen and oxygen atoms in total. The summed E-state index contributed by atoms with van der Waals surface area (Å²) in [6, 6.07) is 6.56. The second-order valence-electron chi connectivity index (χ2n) is 7.71. The fourth-order valence-electron chi connectivity index (χ4n) is 3.88. The van der Waals surface area contributed by atoms with E-state index in [2.05, 4.69) is 55.9 Å². The summed E-state index contributed by atoms with van der Waals surface area (Å²) >= 11 is 1.49. The number of hydrogen-bond acceptors (Lipinski definition) is 4. The molecule has 0 spiro atoms. The number of rotatable bonds is 3.